The van der Waals surface area contributed by atoms with E-state index in [4.69, 9.17) is 0 Å². The molecule has 0 aromatic carbocycles. The van der Waals surface area contributed by atoms with Gasteiger partial charge in [-0.15, -0.1) is 0 Å². The summed E-state index contributed by atoms with van der Waals surface area (Å²) in [5, 5.41) is 0. The number of piperazine rings is 1. The normalized spacial score (nSPS) is 24.5. The molecule has 2 heterocycles. The fourth-order valence-electron chi connectivity index (χ4n) is 3.57. The standard InChI is InChI=1S/C16H31N3O3S/c1-4-12-23(21,22)19-7-5-6-15(19)16(20)18-10-8-17(9-11-18)13-14(2)3/h14-15H,4-13H2,1-3H3. The van der Waals surface area contributed by atoms with E-state index in [-0.39, 0.29) is 11.7 Å². The van der Waals surface area contributed by atoms with Crippen LogP contribution in [0.5, 0.6) is 0 Å². The third kappa shape index (κ3) is 4.67. The molecule has 23 heavy (non-hydrogen) atoms. The van der Waals surface area contributed by atoms with E-state index in [9.17, 15) is 13.2 Å². The topological polar surface area (TPSA) is 60.9 Å². The Labute approximate surface area is 140 Å². The van der Waals surface area contributed by atoms with Gasteiger partial charge in [0.25, 0.3) is 0 Å². The van der Waals surface area contributed by atoms with Crippen LogP contribution in [0.15, 0.2) is 0 Å². The van der Waals surface area contributed by atoms with Crippen molar-refractivity contribution in [2.24, 2.45) is 5.92 Å². The van der Waals surface area contributed by atoms with Gasteiger partial charge in [0.15, 0.2) is 0 Å². The maximum Gasteiger partial charge on any atom is 0.241 e. The molecule has 0 aromatic rings. The molecule has 2 saturated heterocycles. The monoisotopic (exact) mass is 345 g/mol. The summed E-state index contributed by atoms with van der Waals surface area (Å²) >= 11 is 0. The van der Waals surface area contributed by atoms with Crippen LogP contribution < -0.4 is 0 Å². The Morgan fingerprint density at radius 1 is 1.13 bits per heavy atom. The van der Waals surface area contributed by atoms with Crippen molar-refractivity contribution in [3.05, 3.63) is 0 Å². The van der Waals surface area contributed by atoms with E-state index in [0.717, 1.165) is 26.1 Å². The first-order valence-electron chi connectivity index (χ1n) is 8.85. The van der Waals surface area contributed by atoms with E-state index in [1.807, 2.05) is 11.8 Å². The summed E-state index contributed by atoms with van der Waals surface area (Å²) in [6, 6.07) is -0.469. The van der Waals surface area contributed by atoms with E-state index in [1.54, 1.807) is 0 Å². The maximum atomic E-state index is 12.8. The van der Waals surface area contributed by atoms with E-state index in [2.05, 4.69) is 18.7 Å². The molecule has 0 radical (unpaired) electrons. The molecule has 0 spiro atoms. The molecule has 2 rings (SSSR count). The van der Waals surface area contributed by atoms with Crippen LogP contribution in [0, 0.1) is 5.92 Å². The maximum absolute atomic E-state index is 12.8. The van der Waals surface area contributed by atoms with Crippen LogP contribution in [-0.2, 0) is 14.8 Å². The summed E-state index contributed by atoms with van der Waals surface area (Å²) in [6.07, 6.45) is 2.04. The Hall–Kier alpha value is -0.660. The highest BCUT2D eigenvalue weighted by molar-refractivity contribution is 7.89. The Bertz CT molecular complexity index is 499. The summed E-state index contributed by atoms with van der Waals surface area (Å²) in [6.45, 7) is 11.0. The highest BCUT2D eigenvalue weighted by Gasteiger charge is 2.40. The molecule has 0 N–H and O–H groups in total. The smallest absolute Gasteiger partial charge is 0.241 e. The van der Waals surface area contributed by atoms with Crippen molar-refractivity contribution >= 4 is 15.9 Å². The molecule has 0 aromatic heterocycles. The SMILES string of the molecule is CCCS(=O)(=O)N1CCCC1C(=O)N1CCN(CC(C)C)CC1. The second kappa shape index (κ2) is 7.94. The van der Waals surface area contributed by atoms with Gasteiger partial charge in [-0.05, 0) is 25.2 Å². The van der Waals surface area contributed by atoms with Crippen LogP contribution in [0.1, 0.15) is 40.0 Å². The van der Waals surface area contributed by atoms with Gasteiger partial charge >= 0.3 is 0 Å². The minimum Gasteiger partial charge on any atom is -0.339 e. The molecule has 0 saturated carbocycles. The lowest BCUT2D eigenvalue weighted by Gasteiger charge is -2.37. The summed E-state index contributed by atoms with van der Waals surface area (Å²) in [4.78, 5) is 17.0. The third-order valence-corrected chi connectivity index (χ3v) is 6.69. The number of carbonyl (C=O) groups is 1. The van der Waals surface area contributed by atoms with Crippen molar-refractivity contribution < 1.29 is 13.2 Å². The van der Waals surface area contributed by atoms with Crippen molar-refractivity contribution in [1.29, 1.82) is 0 Å². The van der Waals surface area contributed by atoms with Crippen LogP contribution in [0.3, 0.4) is 0 Å². The predicted molar refractivity (Wildman–Crippen MR) is 91.7 cm³/mol. The van der Waals surface area contributed by atoms with Gasteiger partial charge in [-0.2, -0.15) is 4.31 Å². The second-order valence-corrected chi connectivity index (χ2v) is 9.15. The van der Waals surface area contributed by atoms with Crippen molar-refractivity contribution in [2.45, 2.75) is 46.1 Å². The highest BCUT2D eigenvalue weighted by atomic mass is 32.2. The zero-order chi connectivity index (χ0) is 17.0. The Morgan fingerprint density at radius 3 is 2.35 bits per heavy atom. The van der Waals surface area contributed by atoms with Gasteiger partial charge in [-0.3, -0.25) is 9.69 Å². The Kier molecular flexibility index (Phi) is 6.45. The molecule has 0 bridgehead atoms. The lowest BCUT2D eigenvalue weighted by Crippen LogP contribution is -2.54. The molecule has 2 aliphatic heterocycles. The van der Waals surface area contributed by atoms with E-state index in [0.29, 0.717) is 38.4 Å². The van der Waals surface area contributed by atoms with E-state index in [1.165, 1.54) is 4.31 Å². The average molecular weight is 346 g/mol. The molecule has 7 heteroatoms. The first-order valence-corrected chi connectivity index (χ1v) is 10.5. The number of sulfonamides is 1. The van der Waals surface area contributed by atoms with Gasteiger partial charge in [0.05, 0.1) is 5.75 Å². The molecule has 0 aliphatic carbocycles. The molecular formula is C16H31N3O3S. The average Bonchev–Trinajstić information content (AvgIpc) is 2.97. The largest absolute Gasteiger partial charge is 0.339 e. The Morgan fingerprint density at radius 2 is 1.78 bits per heavy atom. The number of rotatable bonds is 6. The first-order chi connectivity index (χ1) is 10.8. The number of hydrogen-bond acceptors (Lipinski definition) is 4. The van der Waals surface area contributed by atoms with Crippen molar-refractivity contribution in [2.75, 3.05) is 45.0 Å². The minimum absolute atomic E-state index is 0.00590. The third-order valence-electron chi connectivity index (χ3n) is 4.62. The zero-order valence-corrected chi connectivity index (χ0v) is 15.5. The fourth-order valence-corrected chi connectivity index (χ4v) is 5.31. The van der Waals surface area contributed by atoms with E-state index < -0.39 is 16.1 Å². The molecule has 1 atom stereocenters. The number of nitrogens with zero attached hydrogens (tertiary/aromatic N) is 3. The number of amides is 1. The lowest BCUT2D eigenvalue weighted by molar-refractivity contribution is -0.136. The summed E-state index contributed by atoms with van der Waals surface area (Å²) in [5.74, 6) is 0.770. The number of hydrogen-bond donors (Lipinski definition) is 0. The van der Waals surface area contributed by atoms with Crippen LogP contribution >= 0.6 is 0 Å². The van der Waals surface area contributed by atoms with Gasteiger partial charge in [0.1, 0.15) is 6.04 Å². The summed E-state index contributed by atoms with van der Waals surface area (Å²) in [5.41, 5.74) is 0. The zero-order valence-electron chi connectivity index (χ0n) is 14.7. The molecule has 6 nitrogen and oxygen atoms in total. The molecule has 2 fully saturated rings. The molecular weight excluding hydrogens is 314 g/mol. The second-order valence-electron chi connectivity index (χ2n) is 7.10. The van der Waals surface area contributed by atoms with Crippen molar-refractivity contribution in [1.82, 2.24) is 14.1 Å². The lowest BCUT2D eigenvalue weighted by atomic mass is 10.1. The van der Waals surface area contributed by atoms with Crippen LogP contribution in [0.2, 0.25) is 0 Å². The van der Waals surface area contributed by atoms with Gasteiger partial charge in [-0.25, -0.2) is 8.42 Å². The van der Waals surface area contributed by atoms with E-state index >= 15 is 0 Å². The minimum atomic E-state index is -3.29. The molecule has 2 aliphatic rings. The number of carbonyl (C=O) groups excluding carboxylic acids is 1. The van der Waals surface area contributed by atoms with Gasteiger partial charge in [0.2, 0.25) is 15.9 Å². The summed E-state index contributed by atoms with van der Waals surface area (Å²) in [7, 11) is -3.29. The van der Waals surface area contributed by atoms with Crippen LogP contribution in [-0.4, -0.2) is 79.5 Å². The molecule has 1 amide bonds. The first kappa shape index (κ1) is 18.7. The van der Waals surface area contributed by atoms with Crippen LogP contribution in [0.4, 0.5) is 0 Å². The van der Waals surface area contributed by atoms with Crippen LogP contribution in [0.25, 0.3) is 0 Å². The molecule has 1 unspecified atom stereocenters. The Balaban J connectivity index is 1.95. The molecule has 134 valence electrons. The highest BCUT2D eigenvalue weighted by Crippen LogP contribution is 2.24. The quantitative estimate of drug-likeness (QED) is 0.720. The van der Waals surface area contributed by atoms with Gasteiger partial charge in [-0.1, -0.05) is 20.8 Å². The fraction of sp³-hybridized carbons (Fsp3) is 0.938. The van der Waals surface area contributed by atoms with Gasteiger partial charge < -0.3 is 4.90 Å². The van der Waals surface area contributed by atoms with Crippen molar-refractivity contribution in [3.63, 3.8) is 0 Å². The van der Waals surface area contributed by atoms with Crippen molar-refractivity contribution in [3.8, 4) is 0 Å². The summed E-state index contributed by atoms with van der Waals surface area (Å²) < 4.78 is 26.2. The van der Waals surface area contributed by atoms with Gasteiger partial charge in [0, 0.05) is 39.3 Å². The predicted octanol–water partition coefficient (Wildman–Crippen LogP) is 0.991.